The molecule has 98 valence electrons. The Labute approximate surface area is 114 Å². The summed E-state index contributed by atoms with van der Waals surface area (Å²) in [5, 5.41) is 0. The van der Waals surface area contributed by atoms with Gasteiger partial charge in [0.2, 0.25) is 0 Å². The minimum atomic E-state index is 0.249. The van der Waals surface area contributed by atoms with Crippen LogP contribution in [-0.2, 0) is 4.79 Å². The second-order valence-corrected chi connectivity index (χ2v) is 5.96. The molecule has 2 fully saturated rings. The van der Waals surface area contributed by atoms with E-state index in [1.165, 1.54) is 31.5 Å². The summed E-state index contributed by atoms with van der Waals surface area (Å²) in [5.41, 5.74) is 3.63. The highest BCUT2D eigenvalue weighted by Crippen LogP contribution is 2.46. The van der Waals surface area contributed by atoms with Crippen molar-refractivity contribution in [2.45, 2.75) is 31.7 Å². The van der Waals surface area contributed by atoms with Crippen molar-refractivity contribution in [3.63, 3.8) is 0 Å². The molecule has 0 aromatic heterocycles. The Morgan fingerprint density at radius 2 is 1.84 bits per heavy atom. The van der Waals surface area contributed by atoms with Crippen molar-refractivity contribution in [3.05, 3.63) is 41.5 Å². The molecule has 2 heteroatoms. The van der Waals surface area contributed by atoms with Crippen molar-refractivity contribution >= 4 is 11.4 Å². The van der Waals surface area contributed by atoms with Crippen LogP contribution in [0.25, 0.3) is 5.57 Å². The molecule has 1 aromatic rings. The van der Waals surface area contributed by atoms with Gasteiger partial charge < -0.3 is 0 Å². The molecule has 2 unspecified atom stereocenters. The maximum atomic E-state index is 12.8. The van der Waals surface area contributed by atoms with Gasteiger partial charge in [0.05, 0.1) is 0 Å². The van der Waals surface area contributed by atoms with E-state index in [1.807, 2.05) is 18.2 Å². The molecule has 0 saturated carbocycles. The van der Waals surface area contributed by atoms with Crippen molar-refractivity contribution in [2.75, 3.05) is 13.1 Å². The summed E-state index contributed by atoms with van der Waals surface area (Å²) in [5.74, 6) is 0.664. The van der Waals surface area contributed by atoms with Gasteiger partial charge in [-0.2, -0.15) is 0 Å². The molecule has 0 radical (unpaired) electrons. The van der Waals surface area contributed by atoms with E-state index in [0.717, 1.165) is 24.0 Å². The van der Waals surface area contributed by atoms with E-state index in [1.54, 1.807) is 0 Å². The number of nitrogens with zero attached hydrogens (tertiary/aromatic N) is 1. The van der Waals surface area contributed by atoms with Gasteiger partial charge in [0.25, 0.3) is 0 Å². The Balaban J connectivity index is 1.84. The highest BCUT2D eigenvalue weighted by molar-refractivity contribution is 6.25. The molecule has 0 bridgehead atoms. The fraction of sp³-hybridized carbons (Fsp3) is 0.471. The number of hydrogen-bond donors (Lipinski definition) is 0. The van der Waals surface area contributed by atoms with Gasteiger partial charge in [-0.3, -0.25) is 9.69 Å². The van der Waals surface area contributed by atoms with E-state index in [4.69, 9.17) is 0 Å². The Morgan fingerprint density at radius 3 is 2.68 bits per heavy atom. The molecule has 0 amide bonds. The van der Waals surface area contributed by atoms with Gasteiger partial charge in [-0.1, -0.05) is 30.3 Å². The van der Waals surface area contributed by atoms with E-state index < -0.39 is 0 Å². The molecule has 2 atom stereocenters. The molecule has 0 spiro atoms. The minimum absolute atomic E-state index is 0.249. The van der Waals surface area contributed by atoms with E-state index in [0.29, 0.717) is 11.8 Å². The number of allylic oxidation sites excluding steroid dienone is 1. The predicted octanol–water partition coefficient (Wildman–Crippen LogP) is 2.90. The standard InChI is InChI=1S/C17H19NO/c19-17-14-9-5-11-18-10-4-8-13(16(14)18)15(17)12-6-2-1-3-7-12/h1-3,6-7,14,16H,4-5,8-11H2. The monoisotopic (exact) mass is 253 g/mol. The molecule has 2 aliphatic heterocycles. The first-order valence-electron chi connectivity index (χ1n) is 7.43. The van der Waals surface area contributed by atoms with Crippen LogP contribution in [0.1, 0.15) is 31.2 Å². The van der Waals surface area contributed by atoms with Crippen LogP contribution in [0.3, 0.4) is 0 Å². The first-order chi connectivity index (χ1) is 9.36. The lowest BCUT2D eigenvalue weighted by Crippen LogP contribution is -2.48. The first kappa shape index (κ1) is 11.4. The number of Topliss-reactive ketones (excluding diaryl/α,β-unsaturated/α-hetero) is 1. The van der Waals surface area contributed by atoms with Crippen molar-refractivity contribution in [3.8, 4) is 0 Å². The zero-order chi connectivity index (χ0) is 12.8. The fourth-order valence-electron chi connectivity index (χ4n) is 4.22. The van der Waals surface area contributed by atoms with Gasteiger partial charge in [0, 0.05) is 17.5 Å². The van der Waals surface area contributed by atoms with E-state index in [9.17, 15) is 4.79 Å². The molecular formula is C17H19NO. The summed E-state index contributed by atoms with van der Waals surface area (Å²) in [4.78, 5) is 15.4. The lowest BCUT2D eigenvalue weighted by molar-refractivity contribution is -0.119. The number of benzene rings is 1. The van der Waals surface area contributed by atoms with Gasteiger partial charge in [0.15, 0.2) is 5.78 Å². The van der Waals surface area contributed by atoms with Crippen LogP contribution < -0.4 is 0 Å². The largest absolute Gasteiger partial charge is 0.296 e. The summed E-state index contributed by atoms with van der Waals surface area (Å²) in [6.07, 6.45) is 4.60. The Bertz CT molecular complexity index is 544. The average molecular weight is 253 g/mol. The van der Waals surface area contributed by atoms with Crippen LogP contribution in [0.2, 0.25) is 0 Å². The molecule has 1 aliphatic carbocycles. The quantitative estimate of drug-likeness (QED) is 0.767. The summed E-state index contributed by atoms with van der Waals surface area (Å²) >= 11 is 0. The maximum Gasteiger partial charge on any atom is 0.168 e. The SMILES string of the molecule is O=C1C(c2ccccc2)=C2CCCN3CCCC1C23. The van der Waals surface area contributed by atoms with Crippen molar-refractivity contribution in [2.24, 2.45) is 5.92 Å². The zero-order valence-electron chi connectivity index (χ0n) is 11.1. The van der Waals surface area contributed by atoms with Gasteiger partial charge in [-0.15, -0.1) is 0 Å². The Morgan fingerprint density at radius 1 is 1.05 bits per heavy atom. The third-order valence-corrected chi connectivity index (χ3v) is 4.95. The summed E-state index contributed by atoms with van der Waals surface area (Å²) in [6, 6.07) is 10.7. The number of rotatable bonds is 1. The average Bonchev–Trinajstić information content (AvgIpc) is 2.76. The summed E-state index contributed by atoms with van der Waals surface area (Å²) in [6.45, 7) is 2.36. The second kappa shape index (κ2) is 4.31. The highest BCUT2D eigenvalue weighted by Gasteiger charge is 2.47. The van der Waals surface area contributed by atoms with Crippen LogP contribution in [0, 0.1) is 5.92 Å². The molecule has 1 aromatic carbocycles. The number of carbonyl (C=O) groups is 1. The lowest BCUT2D eigenvalue weighted by atomic mass is 9.84. The number of piperidine rings is 2. The van der Waals surface area contributed by atoms with Crippen LogP contribution in [-0.4, -0.2) is 29.8 Å². The maximum absolute atomic E-state index is 12.8. The van der Waals surface area contributed by atoms with E-state index in [-0.39, 0.29) is 5.92 Å². The van der Waals surface area contributed by atoms with E-state index in [2.05, 4.69) is 17.0 Å². The topological polar surface area (TPSA) is 20.3 Å². The molecule has 4 rings (SSSR count). The molecule has 3 aliphatic rings. The Kier molecular flexibility index (Phi) is 2.59. The third kappa shape index (κ3) is 1.63. The highest BCUT2D eigenvalue weighted by atomic mass is 16.1. The first-order valence-corrected chi connectivity index (χ1v) is 7.43. The minimum Gasteiger partial charge on any atom is -0.296 e. The number of ketones is 1. The lowest BCUT2D eigenvalue weighted by Gasteiger charge is -2.41. The summed E-state index contributed by atoms with van der Waals surface area (Å²) < 4.78 is 0. The Hall–Kier alpha value is -1.41. The van der Waals surface area contributed by atoms with Crippen molar-refractivity contribution in [1.29, 1.82) is 0 Å². The van der Waals surface area contributed by atoms with Gasteiger partial charge in [-0.25, -0.2) is 0 Å². The smallest absolute Gasteiger partial charge is 0.168 e. The zero-order valence-corrected chi connectivity index (χ0v) is 11.1. The van der Waals surface area contributed by atoms with Crippen LogP contribution in [0.4, 0.5) is 0 Å². The predicted molar refractivity (Wildman–Crippen MR) is 75.7 cm³/mol. The van der Waals surface area contributed by atoms with Crippen LogP contribution >= 0.6 is 0 Å². The van der Waals surface area contributed by atoms with Crippen molar-refractivity contribution < 1.29 is 4.79 Å². The van der Waals surface area contributed by atoms with Crippen LogP contribution in [0.5, 0.6) is 0 Å². The van der Waals surface area contributed by atoms with E-state index >= 15 is 0 Å². The van der Waals surface area contributed by atoms with Gasteiger partial charge >= 0.3 is 0 Å². The van der Waals surface area contributed by atoms with Gasteiger partial charge in [0.1, 0.15) is 0 Å². The second-order valence-electron chi connectivity index (χ2n) is 5.96. The molecule has 2 heterocycles. The number of hydrogen-bond acceptors (Lipinski definition) is 2. The molecule has 19 heavy (non-hydrogen) atoms. The molecule has 2 nitrogen and oxygen atoms in total. The number of carbonyl (C=O) groups excluding carboxylic acids is 1. The third-order valence-electron chi connectivity index (χ3n) is 4.95. The fourth-order valence-corrected chi connectivity index (χ4v) is 4.22. The molecule has 2 saturated heterocycles. The molecule has 0 N–H and O–H groups in total. The summed E-state index contributed by atoms with van der Waals surface area (Å²) in [7, 11) is 0. The van der Waals surface area contributed by atoms with Gasteiger partial charge in [-0.05, 0) is 49.9 Å². The van der Waals surface area contributed by atoms with Crippen LogP contribution in [0.15, 0.2) is 35.9 Å². The normalized spacial score (nSPS) is 30.6. The molecular weight excluding hydrogens is 234 g/mol. The van der Waals surface area contributed by atoms with Crippen molar-refractivity contribution in [1.82, 2.24) is 4.90 Å².